The maximum Gasteiger partial charge on any atom is 0.342 e. The highest BCUT2D eigenvalue weighted by atomic mass is 16.7. The number of fused-ring (bicyclic) bond motifs is 1. The number of ether oxygens (including phenoxy) is 2. The molecule has 0 saturated heterocycles. The fraction of sp³-hybridized carbons (Fsp3) is 0.0556. The molecular weight excluding hydrogens is 312 g/mol. The van der Waals surface area contributed by atoms with E-state index in [0.717, 1.165) is 12.2 Å². The van der Waals surface area contributed by atoms with Gasteiger partial charge in [0, 0.05) is 6.08 Å². The van der Waals surface area contributed by atoms with Gasteiger partial charge in [-0.2, -0.15) is 0 Å². The van der Waals surface area contributed by atoms with Gasteiger partial charge in [0.05, 0.1) is 11.1 Å². The summed E-state index contributed by atoms with van der Waals surface area (Å²) in [6, 6.07) is 9.78. The normalized spacial score (nSPS) is 11.3. The lowest BCUT2D eigenvalue weighted by atomic mass is 10.0. The molecule has 0 aliphatic carbocycles. The molecule has 1 unspecified atom stereocenters. The molecule has 0 aromatic heterocycles. The maximum absolute atomic E-state index is 12.3. The molecule has 0 spiro atoms. The second-order valence-corrected chi connectivity index (χ2v) is 4.70. The molecule has 0 fully saturated rings. The van der Waals surface area contributed by atoms with Gasteiger partial charge in [0.15, 0.2) is 0 Å². The third-order valence-electron chi connectivity index (χ3n) is 3.15. The predicted octanol–water partition coefficient (Wildman–Crippen LogP) is 2.94. The van der Waals surface area contributed by atoms with Gasteiger partial charge in [0.25, 0.3) is 6.29 Å². The van der Waals surface area contributed by atoms with E-state index in [1.807, 2.05) is 0 Å². The lowest BCUT2D eigenvalue weighted by Crippen LogP contribution is -2.23. The summed E-state index contributed by atoms with van der Waals surface area (Å²) in [4.78, 5) is 34.9. The molecule has 0 aliphatic rings. The number of hydrogen-bond donors (Lipinski definition) is 1. The topological polar surface area (TPSA) is 89.9 Å². The molecular formula is C18H14O6. The number of aromatic carboxylic acids is 1. The number of carbonyl (C=O) groups is 3. The second kappa shape index (κ2) is 7.23. The van der Waals surface area contributed by atoms with Crippen molar-refractivity contribution in [3.63, 3.8) is 0 Å². The Morgan fingerprint density at radius 2 is 1.58 bits per heavy atom. The Labute approximate surface area is 137 Å². The van der Waals surface area contributed by atoms with Crippen LogP contribution in [0.2, 0.25) is 0 Å². The van der Waals surface area contributed by atoms with Crippen LogP contribution in [0.4, 0.5) is 0 Å². The molecule has 24 heavy (non-hydrogen) atoms. The minimum Gasteiger partial charge on any atom is -0.478 e. The van der Waals surface area contributed by atoms with E-state index in [2.05, 4.69) is 13.2 Å². The van der Waals surface area contributed by atoms with E-state index in [1.54, 1.807) is 24.3 Å². The number of carbonyl (C=O) groups excluding carboxylic acids is 2. The Morgan fingerprint density at radius 1 is 1.00 bits per heavy atom. The smallest absolute Gasteiger partial charge is 0.342 e. The van der Waals surface area contributed by atoms with Gasteiger partial charge in [0.1, 0.15) is 0 Å². The third-order valence-corrected chi connectivity index (χ3v) is 3.15. The first-order valence-corrected chi connectivity index (χ1v) is 6.89. The van der Waals surface area contributed by atoms with Gasteiger partial charge in [0.2, 0.25) is 0 Å². The van der Waals surface area contributed by atoms with Gasteiger partial charge in [-0.3, -0.25) is 0 Å². The van der Waals surface area contributed by atoms with Crippen LogP contribution in [-0.2, 0) is 14.3 Å². The van der Waals surface area contributed by atoms with E-state index in [0.29, 0.717) is 10.8 Å². The van der Waals surface area contributed by atoms with E-state index < -0.39 is 24.2 Å². The highest BCUT2D eigenvalue weighted by Crippen LogP contribution is 2.21. The monoisotopic (exact) mass is 326 g/mol. The maximum atomic E-state index is 12.3. The zero-order chi connectivity index (χ0) is 17.7. The molecule has 0 amide bonds. The quantitative estimate of drug-likeness (QED) is 0.380. The first-order chi connectivity index (χ1) is 11.5. The molecule has 0 radical (unpaired) electrons. The minimum absolute atomic E-state index is 0.150. The van der Waals surface area contributed by atoms with E-state index >= 15 is 0 Å². The van der Waals surface area contributed by atoms with Gasteiger partial charge in [-0.05, 0) is 29.0 Å². The van der Waals surface area contributed by atoms with Crippen LogP contribution in [0.3, 0.4) is 0 Å². The Morgan fingerprint density at radius 3 is 2.08 bits per heavy atom. The van der Waals surface area contributed by atoms with E-state index in [1.165, 1.54) is 12.1 Å². The van der Waals surface area contributed by atoms with Crippen molar-refractivity contribution < 1.29 is 29.0 Å². The summed E-state index contributed by atoms with van der Waals surface area (Å²) in [5.74, 6) is -3.02. The largest absolute Gasteiger partial charge is 0.478 e. The zero-order valence-electron chi connectivity index (χ0n) is 12.6. The molecule has 0 saturated carbocycles. The summed E-state index contributed by atoms with van der Waals surface area (Å²) >= 11 is 0. The van der Waals surface area contributed by atoms with Crippen molar-refractivity contribution in [1.29, 1.82) is 0 Å². The fourth-order valence-electron chi connectivity index (χ4n) is 2.04. The highest BCUT2D eigenvalue weighted by Gasteiger charge is 2.22. The lowest BCUT2D eigenvalue weighted by Gasteiger charge is -2.15. The number of benzene rings is 2. The van der Waals surface area contributed by atoms with Gasteiger partial charge >= 0.3 is 17.9 Å². The molecule has 2 aromatic rings. The molecule has 6 heteroatoms. The first kappa shape index (κ1) is 17.0. The highest BCUT2D eigenvalue weighted by molar-refractivity contribution is 6.06. The molecule has 0 bridgehead atoms. The minimum atomic E-state index is -1.35. The molecule has 6 nitrogen and oxygen atoms in total. The summed E-state index contributed by atoms with van der Waals surface area (Å²) in [5, 5.41) is 10.7. The van der Waals surface area contributed by atoms with E-state index in [-0.39, 0.29) is 11.1 Å². The number of carboxylic acid groups (broad SMARTS) is 1. The van der Waals surface area contributed by atoms with Crippen molar-refractivity contribution in [2.45, 2.75) is 6.29 Å². The van der Waals surface area contributed by atoms with Crippen LogP contribution in [0.5, 0.6) is 0 Å². The van der Waals surface area contributed by atoms with E-state index in [9.17, 15) is 19.5 Å². The van der Waals surface area contributed by atoms with Crippen LogP contribution in [0.25, 0.3) is 10.8 Å². The summed E-state index contributed by atoms with van der Waals surface area (Å²) in [6.45, 7) is 6.63. The first-order valence-electron chi connectivity index (χ1n) is 6.89. The Kier molecular flexibility index (Phi) is 5.11. The molecule has 122 valence electrons. The van der Waals surface area contributed by atoms with Crippen LogP contribution in [-0.4, -0.2) is 29.3 Å². The second-order valence-electron chi connectivity index (χ2n) is 4.70. The van der Waals surface area contributed by atoms with Gasteiger partial charge in [-0.1, -0.05) is 37.4 Å². The number of esters is 2. The average molecular weight is 326 g/mol. The van der Waals surface area contributed by atoms with Crippen LogP contribution < -0.4 is 0 Å². The van der Waals surface area contributed by atoms with Crippen molar-refractivity contribution in [3.05, 3.63) is 72.8 Å². The summed E-state index contributed by atoms with van der Waals surface area (Å²) in [7, 11) is 0. The van der Waals surface area contributed by atoms with Crippen molar-refractivity contribution in [3.8, 4) is 0 Å². The Balaban J connectivity index is 2.38. The SMILES string of the molecule is C=CC(=O)OC(C=C)OC(=O)c1cc2ccccc2cc1C(=O)O. The number of rotatable bonds is 6. The Bertz CT molecular complexity index is 837. The molecule has 2 rings (SSSR count). The van der Waals surface area contributed by atoms with Crippen molar-refractivity contribution in [2.75, 3.05) is 0 Å². The molecule has 0 heterocycles. The number of carboxylic acids is 1. The van der Waals surface area contributed by atoms with Crippen molar-refractivity contribution in [1.82, 2.24) is 0 Å². The van der Waals surface area contributed by atoms with Gasteiger partial charge < -0.3 is 14.6 Å². The predicted molar refractivity (Wildman–Crippen MR) is 86.6 cm³/mol. The molecule has 0 aliphatic heterocycles. The molecule has 1 atom stereocenters. The van der Waals surface area contributed by atoms with Crippen LogP contribution >= 0.6 is 0 Å². The number of hydrogen-bond acceptors (Lipinski definition) is 5. The fourth-order valence-corrected chi connectivity index (χ4v) is 2.04. The van der Waals surface area contributed by atoms with Crippen LogP contribution in [0.1, 0.15) is 20.7 Å². The standard InChI is InChI=1S/C18H14O6/c1-3-15(19)23-16(4-2)24-18(22)14-10-12-8-6-5-7-11(12)9-13(14)17(20)21/h3-10,16H,1-2H2,(H,20,21). The van der Waals surface area contributed by atoms with Crippen molar-refractivity contribution >= 4 is 28.7 Å². The average Bonchev–Trinajstić information content (AvgIpc) is 2.59. The van der Waals surface area contributed by atoms with Gasteiger partial charge in [-0.15, -0.1) is 0 Å². The van der Waals surface area contributed by atoms with Crippen LogP contribution in [0, 0.1) is 0 Å². The third kappa shape index (κ3) is 3.67. The van der Waals surface area contributed by atoms with Crippen molar-refractivity contribution in [2.24, 2.45) is 0 Å². The molecule has 2 aromatic carbocycles. The summed E-state index contributed by atoms with van der Waals surface area (Å²) < 4.78 is 9.75. The van der Waals surface area contributed by atoms with Gasteiger partial charge in [-0.25, -0.2) is 14.4 Å². The molecule has 1 N–H and O–H groups in total. The van der Waals surface area contributed by atoms with Crippen LogP contribution in [0.15, 0.2) is 61.7 Å². The Hall–Kier alpha value is -3.41. The lowest BCUT2D eigenvalue weighted by molar-refractivity contribution is -0.155. The zero-order valence-corrected chi connectivity index (χ0v) is 12.6. The summed E-state index contributed by atoms with van der Waals surface area (Å²) in [5.41, 5.74) is -0.362. The van der Waals surface area contributed by atoms with E-state index in [4.69, 9.17) is 9.47 Å². The summed E-state index contributed by atoms with van der Waals surface area (Å²) in [6.07, 6.45) is 0.653.